The Morgan fingerprint density at radius 3 is 3.11 bits per heavy atom. The third-order valence-electron chi connectivity index (χ3n) is 3.49. The molecule has 0 saturated carbocycles. The zero-order valence-corrected chi connectivity index (χ0v) is 10.4. The molecule has 0 amide bonds. The summed E-state index contributed by atoms with van der Waals surface area (Å²) in [5.74, 6) is 0. The molecule has 94 valence electrons. The van der Waals surface area contributed by atoms with Gasteiger partial charge in [-0.3, -0.25) is 0 Å². The quantitative estimate of drug-likeness (QED) is 0.894. The van der Waals surface area contributed by atoms with Gasteiger partial charge in [-0.05, 0) is 43.5 Å². The fourth-order valence-electron chi connectivity index (χ4n) is 2.55. The van der Waals surface area contributed by atoms with Gasteiger partial charge in [-0.25, -0.2) is 9.67 Å². The van der Waals surface area contributed by atoms with Gasteiger partial charge in [0.1, 0.15) is 12.7 Å². The zero-order chi connectivity index (χ0) is 12.2. The van der Waals surface area contributed by atoms with Gasteiger partial charge in [0.05, 0.1) is 5.69 Å². The first-order valence-corrected chi connectivity index (χ1v) is 6.59. The molecule has 1 aliphatic rings. The second-order valence-corrected chi connectivity index (χ2v) is 4.86. The predicted octanol–water partition coefficient (Wildman–Crippen LogP) is 1.95. The molecule has 3 rings (SSSR count). The van der Waals surface area contributed by atoms with Crippen molar-refractivity contribution in [1.29, 1.82) is 0 Å². The van der Waals surface area contributed by atoms with Crippen molar-refractivity contribution in [2.24, 2.45) is 0 Å². The van der Waals surface area contributed by atoms with Gasteiger partial charge >= 0.3 is 0 Å². The van der Waals surface area contributed by atoms with Crippen molar-refractivity contribution in [2.45, 2.75) is 31.7 Å². The van der Waals surface area contributed by atoms with E-state index in [1.165, 1.54) is 24.8 Å². The van der Waals surface area contributed by atoms with Crippen LogP contribution in [0.3, 0.4) is 0 Å². The number of piperidine rings is 1. The van der Waals surface area contributed by atoms with Crippen LogP contribution >= 0.6 is 0 Å². The smallest absolute Gasteiger partial charge is 0.138 e. The van der Waals surface area contributed by atoms with Gasteiger partial charge in [-0.1, -0.05) is 18.6 Å². The van der Waals surface area contributed by atoms with Crippen molar-refractivity contribution in [3.8, 4) is 5.69 Å². The second kappa shape index (κ2) is 5.31. The number of rotatable bonds is 3. The van der Waals surface area contributed by atoms with Crippen LogP contribution in [0.25, 0.3) is 5.69 Å². The molecular weight excluding hydrogens is 224 g/mol. The van der Waals surface area contributed by atoms with Crippen LogP contribution < -0.4 is 5.32 Å². The molecule has 1 N–H and O–H groups in total. The summed E-state index contributed by atoms with van der Waals surface area (Å²) in [5.41, 5.74) is 2.45. The van der Waals surface area contributed by atoms with Crippen LogP contribution in [0.15, 0.2) is 36.9 Å². The standard InChI is InChI=1S/C14H18N4/c1-2-7-16-13(5-1)8-12-4-3-6-14(9-12)18-11-15-10-17-18/h3-4,6,9-11,13,16H,1-2,5,7-8H2. The molecule has 2 aromatic rings. The Bertz CT molecular complexity index is 486. The van der Waals surface area contributed by atoms with E-state index in [1.807, 2.05) is 0 Å². The molecule has 1 unspecified atom stereocenters. The Kier molecular flexibility index (Phi) is 3.37. The average molecular weight is 242 g/mol. The third kappa shape index (κ3) is 2.59. The molecule has 4 heteroatoms. The SMILES string of the molecule is c1cc(CC2CCCCN2)cc(-n2cncn2)c1. The number of benzene rings is 1. The van der Waals surface area contributed by atoms with Gasteiger partial charge in [0.25, 0.3) is 0 Å². The summed E-state index contributed by atoms with van der Waals surface area (Å²) in [6.45, 7) is 1.16. The van der Waals surface area contributed by atoms with Crippen LogP contribution in [-0.2, 0) is 6.42 Å². The first-order valence-electron chi connectivity index (χ1n) is 6.59. The lowest BCUT2D eigenvalue weighted by Crippen LogP contribution is -2.35. The van der Waals surface area contributed by atoms with E-state index in [2.05, 4.69) is 39.7 Å². The van der Waals surface area contributed by atoms with Crippen molar-refractivity contribution in [3.63, 3.8) is 0 Å². The van der Waals surface area contributed by atoms with Gasteiger partial charge in [0, 0.05) is 6.04 Å². The molecule has 2 heterocycles. The summed E-state index contributed by atoms with van der Waals surface area (Å²) in [6.07, 6.45) is 8.35. The molecule has 1 saturated heterocycles. The van der Waals surface area contributed by atoms with E-state index in [0.717, 1.165) is 18.7 Å². The number of hydrogen-bond donors (Lipinski definition) is 1. The molecule has 18 heavy (non-hydrogen) atoms. The van der Waals surface area contributed by atoms with Gasteiger partial charge in [0.2, 0.25) is 0 Å². The van der Waals surface area contributed by atoms with Gasteiger partial charge in [0.15, 0.2) is 0 Å². The van der Waals surface area contributed by atoms with Crippen LogP contribution in [0.1, 0.15) is 24.8 Å². The molecule has 1 atom stereocenters. The lowest BCUT2D eigenvalue weighted by Gasteiger charge is -2.23. The second-order valence-electron chi connectivity index (χ2n) is 4.86. The lowest BCUT2D eigenvalue weighted by atomic mass is 9.97. The van der Waals surface area contributed by atoms with Crippen LogP contribution in [0, 0.1) is 0 Å². The minimum absolute atomic E-state index is 0.629. The summed E-state index contributed by atoms with van der Waals surface area (Å²) in [7, 11) is 0. The summed E-state index contributed by atoms with van der Waals surface area (Å²) >= 11 is 0. The maximum atomic E-state index is 4.16. The maximum Gasteiger partial charge on any atom is 0.138 e. The minimum atomic E-state index is 0.629. The number of aromatic nitrogens is 3. The first kappa shape index (κ1) is 11.4. The molecule has 1 aromatic heterocycles. The fourth-order valence-corrected chi connectivity index (χ4v) is 2.55. The van der Waals surface area contributed by atoms with Crippen molar-refractivity contribution in [1.82, 2.24) is 20.1 Å². The average Bonchev–Trinajstić information content (AvgIpc) is 2.94. The summed E-state index contributed by atoms with van der Waals surface area (Å²) in [6, 6.07) is 9.17. The van der Waals surface area contributed by atoms with Crippen LogP contribution in [0.5, 0.6) is 0 Å². The van der Waals surface area contributed by atoms with E-state index < -0.39 is 0 Å². The van der Waals surface area contributed by atoms with Gasteiger partial charge in [-0.15, -0.1) is 0 Å². The van der Waals surface area contributed by atoms with E-state index in [0.29, 0.717) is 6.04 Å². The molecule has 4 nitrogen and oxygen atoms in total. The topological polar surface area (TPSA) is 42.7 Å². The maximum absolute atomic E-state index is 4.16. The highest BCUT2D eigenvalue weighted by Gasteiger charge is 2.13. The molecule has 1 fully saturated rings. The Hall–Kier alpha value is -1.68. The fraction of sp³-hybridized carbons (Fsp3) is 0.429. The largest absolute Gasteiger partial charge is 0.314 e. The van der Waals surface area contributed by atoms with Crippen LogP contribution in [-0.4, -0.2) is 27.4 Å². The number of nitrogens with one attached hydrogen (secondary N) is 1. The highest BCUT2D eigenvalue weighted by atomic mass is 15.3. The van der Waals surface area contributed by atoms with Gasteiger partial charge < -0.3 is 5.32 Å². The van der Waals surface area contributed by atoms with Crippen LogP contribution in [0.2, 0.25) is 0 Å². The van der Waals surface area contributed by atoms with E-state index in [1.54, 1.807) is 17.3 Å². The summed E-state index contributed by atoms with van der Waals surface area (Å²) < 4.78 is 1.80. The molecule has 0 bridgehead atoms. The normalized spacial score (nSPS) is 19.9. The Labute approximate surface area is 107 Å². The molecule has 0 aliphatic carbocycles. The number of nitrogens with zero attached hydrogens (tertiary/aromatic N) is 3. The number of hydrogen-bond acceptors (Lipinski definition) is 3. The first-order chi connectivity index (χ1) is 8.92. The summed E-state index contributed by atoms with van der Waals surface area (Å²) in [5, 5.41) is 7.75. The Balaban J connectivity index is 1.74. The predicted molar refractivity (Wildman–Crippen MR) is 70.7 cm³/mol. The molecule has 1 aromatic carbocycles. The zero-order valence-electron chi connectivity index (χ0n) is 10.4. The highest BCUT2D eigenvalue weighted by Crippen LogP contribution is 2.15. The third-order valence-corrected chi connectivity index (χ3v) is 3.49. The van der Waals surface area contributed by atoms with E-state index in [4.69, 9.17) is 0 Å². The molecular formula is C14H18N4. The molecule has 0 spiro atoms. The Morgan fingerprint density at radius 2 is 2.33 bits per heavy atom. The van der Waals surface area contributed by atoms with Crippen LogP contribution in [0.4, 0.5) is 0 Å². The molecule has 0 radical (unpaired) electrons. The van der Waals surface area contributed by atoms with Crippen molar-refractivity contribution in [2.75, 3.05) is 6.54 Å². The summed E-state index contributed by atoms with van der Waals surface area (Å²) in [4.78, 5) is 3.98. The van der Waals surface area contributed by atoms with E-state index in [9.17, 15) is 0 Å². The highest BCUT2D eigenvalue weighted by molar-refractivity contribution is 5.35. The van der Waals surface area contributed by atoms with Gasteiger partial charge in [-0.2, -0.15) is 5.10 Å². The van der Waals surface area contributed by atoms with Crippen molar-refractivity contribution in [3.05, 3.63) is 42.5 Å². The van der Waals surface area contributed by atoms with E-state index >= 15 is 0 Å². The van der Waals surface area contributed by atoms with E-state index in [-0.39, 0.29) is 0 Å². The monoisotopic (exact) mass is 242 g/mol. The van der Waals surface area contributed by atoms with Crippen molar-refractivity contribution >= 4 is 0 Å². The lowest BCUT2D eigenvalue weighted by molar-refractivity contribution is 0.399. The Morgan fingerprint density at radius 1 is 1.33 bits per heavy atom. The minimum Gasteiger partial charge on any atom is -0.314 e. The molecule has 1 aliphatic heterocycles. The van der Waals surface area contributed by atoms with Crippen molar-refractivity contribution < 1.29 is 0 Å².